The van der Waals surface area contributed by atoms with Crippen molar-refractivity contribution in [3.63, 3.8) is 0 Å². The SMILES string of the molecule is CCCCCCCCCCCCC/C=C/C=C/C(=O)O[C@@H](COC(=O)CCCCCCCCCCCCCCCCCCCCCCCCC)COP(=O)([O-])OCC[N+](C)(C)C. The highest BCUT2D eigenvalue weighted by atomic mass is 31.2. The fourth-order valence-corrected chi connectivity index (χ4v) is 8.23. The molecule has 366 valence electrons. The van der Waals surface area contributed by atoms with E-state index < -0.39 is 32.5 Å². The summed E-state index contributed by atoms with van der Waals surface area (Å²) in [5.41, 5.74) is 0. The minimum atomic E-state index is -4.65. The fourth-order valence-electron chi connectivity index (χ4n) is 7.51. The maximum atomic E-state index is 12.6. The van der Waals surface area contributed by atoms with Crippen molar-refractivity contribution in [2.75, 3.05) is 47.5 Å². The number of allylic oxidation sites excluding steroid dienone is 3. The Labute approximate surface area is 383 Å². The van der Waals surface area contributed by atoms with Gasteiger partial charge in [-0.05, 0) is 19.3 Å². The van der Waals surface area contributed by atoms with Crippen molar-refractivity contribution in [3.8, 4) is 0 Å². The van der Waals surface area contributed by atoms with E-state index in [0.29, 0.717) is 11.0 Å². The lowest BCUT2D eigenvalue weighted by Crippen LogP contribution is -2.37. The van der Waals surface area contributed by atoms with Gasteiger partial charge >= 0.3 is 11.9 Å². The number of hydrogen-bond acceptors (Lipinski definition) is 8. The molecule has 0 spiro atoms. The Morgan fingerprint density at radius 2 is 0.919 bits per heavy atom. The van der Waals surface area contributed by atoms with E-state index in [1.165, 1.54) is 199 Å². The summed E-state index contributed by atoms with van der Waals surface area (Å²) in [7, 11) is 1.12. The molecular formula is C52H100NO8P. The average molecular weight is 898 g/mol. The Bertz CT molecular complexity index is 1110. The number of quaternary nitrogens is 1. The maximum Gasteiger partial charge on any atom is 0.331 e. The van der Waals surface area contributed by atoms with Crippen LogP contribution >= 0.6 is 7.82 Å². The molecule has 1 unspecified atom stereocenters. The summed E-state index contributed by atoms with van der Waals surface area (Å²) in [4.78, 5) is 37.5. The van der Waals surface area contributed by atoms with Crippen LogP contribution < -0.4 is 4.89 Å². The third kappa shape index (κ3) is 48.0. The van der Waals surface area contributed by atoms with Crippen molar-refractivity contribution in [2.24, 2.45) is 0 Å². The molecule has 0 saturated heterocycles. The molecule has 0 fully saturated rings. The molecule has 62 heavy (non-hydrogen) atoms. The molecule has 0 aliphatic heterocycles. The zero-order valence-corrected chi connectivity index (χ0v) is 42.2. The fraction of sp³-hybridized carbons (Fsp3) is 0.885. The molecular weight excluding hydrogens is 798 g/mol. The highest BCUT2D eigenvalue weighted by Gasteiger charge is 2.21. The van der Waals surface area contributed by atoms with Gasteiger partial charge in [-0.3, -0.25) is 9.36 Å². The molecule has 9 nitrogen and oxygen atoms in total. The first-order valence-corrected chi connectivity index (χ1v) is 27.5. The summed E-state index contributed by atoms with van der Waals surface area (Å²) in [5, 5.41) is 0. The van der Waals surface area contributed by atoms with E-state index in [9.17, 15) is 19.0 Å². The first-order valence-electron chi connectivity index (χ1n) is 26.1. The lowest BCUT2D eigenvalue weighted by molar-refractivity contribution is -0.870. The number of phosphoric ester groups is 1. The number of nitrogens with zero attached hydrogens (tertiary/aromatic N) is 1. The zero-order valence-electron chi connectivity index (χ0n) is 41.3. The molecule has 0 heterocycles. The van der Waals surface area contributed by atoms with Gasteiger partial charge < -0.3 is 27.9 Å². The molecule has 0 rings (SSSR count). The third-order valence-electron chi connectivity index (χ3n) is 11.6. The van der Waals surface area contributed by atoms with Crippen molar-refractivity contribution in [1.82, 2.24) is 0 Å². The van der Waals surface area contributed by atoms with E-state index >= 15 is 0 Å². The molecule has 2 atom stereocenters. The summed E-state index contributed by atoms with van der Waals surface area (Å²) >= 11 is 0. The first-order chi connectivity index (χ1) is 30.0. The van der Waals surface area contributed by atoms with Crippen LogP contribution in [0.4, 0.5) is 0 Å². The second-order valence-electron chi connectivity index (χ2n) is 19.0. The second kappa shape index (κ2) is 44.7. The summed E-state index contributed by atoms with van der Waals surface area (Å²) in [6, 6.07) is 0. The number of likely N-dealkylation sites (N-methyl/N-ethyl adjacent to an activating group) is 1. The van der Waals surface area contributed by atoms with Crippen LogP contribution in [0.2, 0.25) is 0 Å². The van der Waals surface area contributed by atoms with Crippen LogP contribution in [0.15, 0.2) is 24.3 Å². The zero-order chi connectivity index (χ0) is 45.7. The quantitative estimate of drug-likeness (QED) is 0.0148. The lowest BCUT2D eigenvalue weighted by atomic mass is 10.0. The topological polar surface area (TPSA) is 111 Å². The number of rotatable bonds is 48. The van der Waals surface area contributed by atoms with Gasteiger partial charge in [-0.2, -0.15) is 0 Å². The van der Waals surface area contributed by atoms with Crippen LogP contribution in [0.1, 0.15) is 245 Å². The Balaban J connectivity index is 4.22. The van der Waals surface area contributed by atoms with Gasteiger partial charge in [0, 0.05) is 12.5 Å². The third-order valence-corrected chi connectivity index (χ3v) is 12.5. The standard InChI is InChI=1S/C52H100NO8P/c1-6-8-10-12-14-16-18-20-22-23-24-25-26-27-28-29-31-32-34-36-38-40-42-44-51(54)58-48-50(49-60-62(56,57)59-47-46-53(3,4)5)61-52(55)45-43-41-39-37-35-33-30-21-19-17-15-13-11-9-7-2/h39,41,43,45,50H,6-38,40,42,44,46-49H2,1-5H3/b41-39+,45-43+/t50-/m0/s1. The van der Waals surface area contributed by atoms with E-state index in [2.05, 4.69) is 13.8 Å². The Morgan fingerprint density at radius 3 is 1.32 bits per heavy atom. The molecule has 0 saturated carbocycles. The van der Waals surface area contributed by atoms with Gasteiger partial charge in [-0.1, -0.05) is 238 Å². The van der Waals surface area contributed by atoms with Crippen LogP contribution in [-0.4, -0.2) is 70.0 Å². The summed E-state index contributed by atoms with van der Waals surface area (Å²) in [5.74, 6) is -1.07. The van der Waals surface area contributed by atoms with Crippen molar-refractivity contribution in [1.29, 1.82) is 0 Å². The molecule has 0 radical (unpaired) electrons. The molecule has 0 amide bonds. The Hall–Kier alpha value is -1.51. The number of carbonyl (C=O) groups excluding carboxylic acids is 2. The lowest BCUT2D eigenvalue weighted by Gasteiger charge is -2.28. The molecule has 10 heteroatoms. The van der Waals surface area contributed by atoms with Gasteiger partial charge in [0.1, 0.15) is 19.8 Å². The monoisotopic (exact) mass is 898 g/mol. The highest BCUT2D eigenvalue weighted by Crippen LogP contribution is 2.38. The number of esters is 2. The smallest absolute Gasteiger partial charge is 0.331 e. The number of carbonyl (C=O) groups is 2. The van der Waals surface area contributed by atoms with Crippen LogP contribution in [0, 0.1) is 0 Å². The predicted molar refractivity (Wildman–Crippen MR) is 259 cm³/mol. The van der Waals surface area contributed by atoms with Gasteiger partial charge in [-0.25, -0.2) is 4.79 Å². The van der Waals surface area contributed by atoms with Crippen molar-refractivity contribution in [2.45, 2.75) is 251 Å². The molecule has 0 aliphatic rings. The van der Waals surface area contributed by atoms with Crippen LogP contribution in [0.5, 0.6) is 0 Å². The summed E-state index contributed by atoms with van der Waals surface area (Å²) in [6.45, 7) is 4.15. The van der Waals surface area contributed by atoms with Crippen molar-refractivity contribution < 1.29 is 42.1 Å². The summed E-state index contributed by atoms with van der Waals surface area (Å²) in [6.07, 6.45) is 51.4. The molecule has 0 aromatic carbocycles. The van der Waals surface area contributed by atoms with E-state index in [1.807, 2.05) is 33.3 Å². The van der Waals surface area contributed by atoms with Crippen LogP contribution in [-0.2, 0) is 32.7 Å². The number of hydrogen-bond donors (Lipinski definition) is 0. The van der Waals surface area contributed by atoms with E-state index in [1.54, 1.807) is 6.08 Å². The largest absolute Gasteiger partial charge is 0.756 e. The van der Waals surface area contributed by atoms with E-state index in [4.69, 9.17) is 18.5 Å². The number of ether oxygens (including phenoxy) is 2. The molecule has 0 N–H and O–H groups in total. The predicted octanol–water partition coefficient (Wildman–Crippen LogP) is 14.8. The van der Waals surface area contributed by atoms with Gasteiger partial charge in [0.2, 0.25) is 0 Å². The van der Waals surface area contributed by atoms with E-state index in [-0.39, 0.29) is 19.6 Å². The highest BCUT2D eigenvalue weighted by molar-refractivity contribution is 7.45. The maximum absolute atomic E-state index is 12.6. The Kier molecular flexibility index (Phi) is 43.6. The Morgan fingerprint density at radius 1 is 0.532 bits per heavy atom. The normalized spacial score (nSPS) is 13.6. The van der Waals surface area contributed by atoms with Crippen molar-refractivity contribution >= 4 is 19.8 Å². The molecule has 0 aliphatic carbocycles. The van der Waals surface area contributed by atoms with Crippen LogP contribution in [0.25, 0.3) is 0 Å². The van der Waals surface area contributed by atoms with Gasteiger partial charge in [0.25, 0.3) is 7.82 Å². The molecule has 0 aromatic heterocycles. The van der Waals surface area contributed by atoms with Gasteiger partial charge in [-0.15, -0.1) is 0 Å². The minimum Gasteiger partial charge on any atom is -0.756 e. The van der Waals surface area contributed by atoms with Gasteiger partial charge in [0.05, 0.1) is 27.7 Å². The van der Waals surface area contributed by atoms with Crippen molar-refractivity contribution in [3.05, 3.63) is 24.3 Å². The first kappa shape index (κ1) is 60.5. The minimum absolute atomic E-state index is 0.0441. The second-order valence-corrected chi connectivity index (χ2v) is 20.4. The van der Waals surface area contributed by atoms with Gasteiger partial charge in [0.15, 0.2) is 6.10 Å². The molecule has 0 bridgehead atoms. The number of unbranched alkanes of at least 4 members (excludes halogenated alkanes) is 33. The molecule has 0 aromatic rings. The summed E-state index contributed by atoms with van der Waals surface area (Å²) < 4.78 is 33.8. The average Bonchev–Trinajstić information content (AvgIpc) is 3.23. The van der Waals surface area contributed by atoms with E-state index in [0.717, 1.165) is 32.1 Å². The number of phosphoric acid groups is 1. The van der Waals surface area contributed by atoms with Crippen LogP contribution in [0.3, 0.4) is 0 Å².